The number of aromatic nitrogens is 1. The molecule has 6 nitrogen and oxygen atoms in total. The van der Waals surface area contributed by atoms with E-state index in [1.807, 2.05) is 24.0 Å². The number of anilines is 1. The molecule has 114 valence electrons. The molecular weight excluding hydrogens is 270 g/mol. The van der Waals surface area contributed by atoms with Gasteiger partial charge in [-0.05, 0) is 19.1 Å². The smallest absolute Gasteiger partial charge is 0.257 e. The van der Waals surface area contributed by atoms with Crippen molar-refractivity contribution in [1.82, 2.24) is 9.88 Å². The van der Waals surface area contributed by atoms with E-state index in [1.54, 1.807) is 6.20 Å². The first-order valence-corrected chi connectivity index (χ1v) is 7.44. The lowest BCUT2D eigenvalue weighted by atomic mass is 10.2. The zero-order chi connectivity index (χ0) is 14.7. The minimum Gasteiger partial charge on any atom is -0.378 e. The monoisotopic (exact) mass is 291 g/mol. The molecule has 0 spiro atoms. The Labute approximate surface area is 124 Å². The molecule has 0 radical (unpaired) electrons. The highest BCUT2D eigenvalue weighted by Gasteiger charge is 2.26. The summed E-state index contributed by atoms with van der Waals surface area (Å²) >= 11 is 0. The van der Waals surface area contributed by atoms with Crippen LogP contribution in [-0.4, -0.2) is 67.9 Å². The highest BCUT2D eigenvalue weighted by atomic mass is 16.5. The number of rotatable bonds is 2. The maximum Gasteiger partial charge on any atom is 0.257 e. The van der Waals surface area contributed by atoms with Gasteiger partial charge < -0.3 is 19.3 Å². The average molecular weight is 291 g/mol. The Bertz CT molecular complexity index is 503. The molecule has 1 aromatic heterocycles. The zero-order valence-corrected chi connectivity index (χ0v) is 12.3. The number of amides is 1. The van der Waals surface area contributed by atoms with Crippen LogP contribution < -0.4 is 4.90 Å². The van der Waals surface area contributed by atoms with Crippen LogP contribution in [0.1, 0.15) is 17.3 Å². The highest BCUT2D eigenvalue weighted by molar-refractivity contribution is 5.99. The molecule has 2 fully saturated rings. The third-order valence-corrected chi connectivity index (χ3v) is 3.86. The van der Waals surface area contributed by atoms with Crippen molar-refractivity contribution < 1.29 is 14.3 Å². The van der Waals surface area contributed by atoms with Gasteiger partial charge in [0.2, 0.25) is 0 Å². The van der Waals surface area contributed by atoms with E-state index in [0.29, 0.717) is 38.5 Å². The number of pyridine rings is 1. The zero-order valence-electron chi connectivity index (χ0n) is 12.3. The molecule has 3 rings (SSSR count). The van der Waals surface area contributed by atoms with Crippen molar-refractivity contribution >= 4 is 11.7 Å². The molecule has 1 atom stereocenters. The number of carbonyl (C=O) groups is 1. The van der Waals surface area contributed by atoms with Crippen LogP contribution in [0.3, 0.4) is 0 Å². The van der Waals surface area contributed by atoms with Crippen molar-refractivity contribution in [3.05, 3.63) is 23.9 Å². The molecule has 2 aliphatic heterocycles. The number of carbonyl (C=O) groups excluding carboxylic acids is 1. The normalized spacial score (nSPS) is 23.2. The highest BCUT2D eigenvalue weighted by Crippen LogP contribution is 2.21. The fraction of sp³-hybridized carbons (Fsp3) is 0.600. The van der Waals surface area contributed by atoms with Crippen LogP contribution in [-0.2, 0) is 9.47 Å². The molecule has 0 aromatic carbocycles. The lowest BCUT2D eigenvalue weighted by Crippen LogP contribution is -2.45. The van der Waals surface area contributed by atoms with Gasteiger partial charge in [-0.15, -0.1) is 0 Å². The lowest BCUT2D eigenvalue weighted by Gasteiger charge is -2.33. The summed E-state index contributed by atoms with van der Waals surface area (Å²) in [6.45, 7) is 6.77. The quantitative estimate of drug-likeness (QED) is 0.806. The first kappa shape index (κ1) is 14.3. The van der Waals surface area contributed by atoms with E-state index in [1.165, 1.54) is 0 Å². The van der Waals surface area contributed by atoms with Crippen molar-refractivity contribution in [3.8, 4) is 0 Å². The minimum absolute atomic E-state index is 0.0414. The molecule has 0 bridgehead atoms. The Hall–Kier alpha value is -1.66. The van der Waals surface area contributed by atoms with Gasteiger partial charge in [0.25, 0.3) is 5.91 Å². The Morgan fingerprint density at radius 1 is 1.29 bits per heavy atom. The van der Waals surface area contributed by atoms with Gasteiger partial charge in [-0.3, -0.25) is 4.79 Å². The summed E-state index contributed by atoms with van der Waals surface area (Å²) in [4.78, 5) is 21.2. The Morgan fingerprint density at radius 3 is 2.86 bits per heavy atom. The molecule has 3 heterocycles. The molecule has 0 N–H and O–H groups in total. The standard InChI is InChI=1S/C15H21N3O3/c1-12-11-18(7-10-21-12)15(19)13-3-2-4-16-14(13)17-5-8-20-9-6-17/h2-4,12H,5-11H2,1H3/t12-/m0/s1. The van der Waals surface area contributed by atoms with Gasteiger partial charge >= 0.3 is 0 Å². The number of hydrogen-bond donors (Lipinski definition) is 0. The second-order valence-electron chi connectivity index (χ2n) is 5.41. The van der Waals surface area contributed by atoms with Crippen molar-refractivity contribution in [1.29, 1.82) is 0 Å². The van der Waals surface area contributed by atoms with Crippen molar-refractivity contribution in [3.63, 3.8) is 0 Å². The maximum absolute atomic E-state index is 12.8. The molecule has 0 unspecified atom stereocenters. The summed E-state index contributed by atoms with van der Waals surface area (Å²) in [6.07, 6.45) is 1.83. The van der Waals surface area contributed by atoms with E-state index in [9.17, 15) is 4.79 Å². The van der Waals surface area contributed by atoms with Crippen LogP contribution in [0, 0.1) is 0 Å². The van der Waals surface area contributed by atoms with Gasteiger partial charge in [0.1, 0.15) is 5.82 Å². The Morgan fingerprint density at radius 2 is 2.10 bits per heavy atom. The lowest BCUT2D eigenvalue weighted by molar-refractivity contribution is -0.0124. The minimum atomic E-state index is 0.0414. The van der Waals surface area contributed by atoms with Crippen molar-refractivity contribution in [2.75, 3.05) is 50.9 Å². The number of hydrogen-bond acceptors (Lipinski definition) is 5. The Balaban J connectivity index is 1.82. The SMILES string of the molecule is C[C@H]1CN(C(=O)c2cccnc2N2CCOCC2)CCO1. The summed E-state index contributed by atoms with van der Waals surface area (Å²) in [6, 6.07) is 3.68. The van der Waals surface area contributed by atoms with Crippen molar-refractivity contribution in [2.24, 2.45) is 0 Å². The second-order valence-corrected chi connectivity index (χ2v) is 5.41. The molecule has 2 saturated heterocycles. The van der Waals surface area contributed by atoms with Gasteiger partial charge in [-0.1, -0.05) is 0 Å². The molecule has 1 amide bonds. The van der Waals surface area contributed by atoms with E-state index in [-0.39, 0.29) is 12.0 Å². The molecule has 2 aliphatic rings. The predicted molar refractivity (Wildman–Crippen MR) is 78.6 cm³/mol. The van der Waals surface area contributed by atoms with Crippen LogP contribution in [0.5, 0.6) is 0 Å². The fourth-order valence-electron chi connectivity index (χ4n) is 2.76. The van der Waals surface area contributed by atoms with E-state index in [0.717, 1.165) is 18.9 Å². The molecule has 0 aliphatic carbocycles. The topological polar surface area (TPSA) is 54.9 Å². The first-order valence-electron chi connectivity index (χ1n) is 7.44. The molecule has 1 aromatic rings. The van der Waals surface area contributed by atoms with Crippen LogP contribution in [0.4, 0.5) is 5.82 Å². The van der Waals surface area contributed by atoms with Gasteiger partial charge in [0, 0.05) is 32.4 Å². The van der Waals surface area contributed by atoms with Gasteiger partial charge in [-0.25, -0.2) is 4.98 Å². The number of morpholine rings is 2. The first-order chi connectivity index (χ1) is 10.3. The summed E-state index contributed by atoms with van der Waals surface area (Å²) in [5, 5.41) is 0. The largest absolute Gasteiger partial charge is 0.378 e. The van der Waals surface area contributed by atoms with Crippen LogP contribution in [0.15, 0.2) is 18.3 Å². The van der Waals surface area contributed by atoms with E-state index in [2.05, 4.69) is 9.88 Å². The van der Waals surface area contributed by atoms with Crippen molar-refractivity contribution in [2.45, 2.75) is 13.0 Å². The number of ether oxygens (including phenoxy) is 2. The third kappa shape index (κ3) is 3.16. The summed E-state index contributed by atoms with van der Waals surface area (Å²) in [5.74, 6) is 0.810. The van der Waals surface area contributed by atoms with Gasteiger partial charge in [-0.2, -0.15) is 0 Å². The average Bonchev–Trinajstić information content (AvgIpc) is 2.55. The Kier molecular flexibility index (Phi) is 4.36. The fourth-order valence-corrected chi connectivity index (χ4v) is 2.76. The predicted octanol–water partition coefficient (Wildman–Crippen LogP) is 0.779. The molecular formula is C15H21N3O3. The van der Waals surface area contributed by atoms with Crippen LogP contribution in [0.2, 0.25) is 0 Å². The van der Waals surface area contributed by atoms with Gasteiger partial charge in [0.15, 0.2) is 0 Å². The summed E-state index contributed by atoms with van der Waals surface area (Å²) in [7, 11) is 0. The summed E-state index contributed by atoms with van der Waals surface area (Å²) in [5.41, 5.74) is 0.675. The summed E-state index contributed by atoms with van der Waals surface area (Å²) < 4.78 is 10.9. The van der Waals surface area contributed by atoms with Crippen LogP contribution >= 0.6 is 0 Å². The second kappa shape index (κ2) is 6.41. The number of nitrogens with zero attached hydrogens (tertiary/aromatic N) is 3. The molecule has 21 heavy (non-hydrogen) atoms. The van der Waals surface area contributed by atoms with E-state index in [4.69, 9.17) is 9.47 Å². The van der Waals surface area contributed by atoms with E-state index >= 15 is 0 Å². The van der Waals surface area contributed by atoms with Crippen LogP contribution in [0.25, 0.3) is 0 Å². The molecule has 6 heteroatoms. The third-order valence-electron chi connectivity index (χ3n) is 3.86. The maximum atomic E-state index is 12.8. The van der Waals surface area contributed by atoms with E-state index < -0.39 is 0 Å². The van der Waals surface area contributed by atoms with Gasteiger partial charge in [0.05, 0.1) is 31.5 Å². The molecule has 0 saturated carbocycles.